The Morgan fingerprint density at radius 3 is 1.55 bits per heavy atom. The molecule has 0 radical (unpaired) electrons. The van der Waals surface area contributed by atoms with Crippen molar-refractivity contribution in [1.82, 2.24) is 8.75 Å². The Morgan fingerprint density at radius 1 is 0.955 bits per heavy atom. The average Bonchev–Trinajstić information content (AvgIpc) is 2.51. The Labute approximate surface area is 133 Å². The second-order valence-corrected chi connectivity index (χ2v) is 5.11. The number of aromatic nitrogens is 2. The van der Waals surface area contributed by atoms with Crippen LogP contribution in [0.25, 0.3) is 11.1 Å². The molecule has 2 N–H and O–H groups in total. The summed E-state index contributed by atoms with van der Waals surface area (Å²) in [5, 5.41) is 18.0. The summed E-state index contributed by atoms with van der Waals surface area (Å²) in [4.78, 5) is 23.2. The number of ether oxygens (including phenoxy) is 2. The molecule has 1 aromatic heterocycles. The second kappa shape index (κ2) is 8.67. The van der Waals surface area contributed by atoms with Crippen molar-refractivity contribution >= 4 is 46.1 Å². The Hall–Kier alpha value is -2.56. The molecule has 0 aliphatic carbocycles. The third kappa shape index (κ3) is 4.22. The van der Waals surface area contributed by atoms with Gasteiger partial charge in [0, 0.05) is 0 Å². The molecule has 0 aliphatic heterocycles. The number of carbonyl (C=O) groups excluding carboxylic acids is 2. The summed E-state index contributed by atoms with van der Waals surface area (Å²) in [5.74, 6) is -1.50. The van der Waals surface area contributed by atoms with E-state index >= 15 is 0 Å². The van der Waals surface area contributed by atoms with E-state index < -0.39 is 11.9 Å². The molecular weight excluding hydrogens is 328 g/mol. The van der Waals surface area contributed by atoms with Crippen LogP contribution >= 0.6 is 23.1 Å². The van der Waals surface area contributed by atoms with Crippen molar-refractivity contribution < 1.29 is 19.1 Å². The maximum absolute atomic E-state index is 11.6. The molecule has 0 aromatic carbocycles. The summed E-state index contributed by atoms with van der Waals surface area (Å²) >= 11 is 1.79. The molecule has 0 atom stereocenters. The summed E-state index contributed by atoms with van der Waals surface area (Å²) in [6, 6.07) is 3.51. The summed E-state index contributed by atoms with van der Waals surface area (Å²) in [6.45, 7) is 3.56. The summed E-state index contributed by atoms with van der Waals surface area (Å²) < 4.78 is 15.5. The predicted molar refractivity (Wildman–Crippen MR) is 79.1 cm³/mol. The molecular formula is C12H12N4O4S2. The molecule has 0 spiro atoms. The highest BCUT2D eigenvalue weighted by Crippen LogP contribution is 1.98. The quantitative estimate of drug-likeness (QED) is 0.745. The van der Waals surface area contributed by atoms with Crippen molar-refractivity contribution in [3.63, 3.8) is 0 Å². The minimum Gasteiger partial charge on any atom is -0.462 e. The van der Waals surface area contributed by atoms with Crippen molar-refractivity contribution in [3.05, 3.63) is 9.33 Å². The van der Waals surface area contributed by atoms with Crippen LogP contribution in [0.2, 0.25) is 0 Å². The van der Waals surface area contributed by atoms with Crippen molar-refractivity contribution in [3.8, 4) is 12.1 Å². The van der Waals surface area contributed by atoms with Crippen LogP contribution in [-0.2, 0) is 19.1 Å². The topological polar surface area (TPSA) is 132 Å². The second-order valence-electron chi connectivity index (χ2n) is 3.48. The molecule has 1 aromatic rings. The largest absolute Gasteiger partial charge is 0.462 e. The number of H-pyrrole nitrogens is 2. The van der Waals surface area contributed by atoms with E-state index in [0.717, 1.165) is 23.1 Å². The number of carbonyl (C=O) groups is 2. The highest BCUT2D eigenvalue weighted by Gasteiger charge is 2.14. The fourth-order valence-corrected chi connectivity index (χ4v) is 2.86. The zero-order chi connectivity index (χ0) is 16.5. The van der Waals surface area contributed by atoms with E-state index in [9.17, 15) is 9.59 Å². The molecule has 10 heteroatoms. The molecule has 0 amide bonds. The van der Waals surface area contributed by atoms with Gasteiger partial charge in [-0.3, -0.25) is 8.75 Å². The van der Waals surface area contributed by atoms with Gasteiger partial charge in [-0.1, -0.05) is 0 Å². The smallest absolute Gasteiger partial charge is 0.352 e. The number of nitriles is 2. The number of esters is 2. The first-order chi connectivity index (χ1) is 10.6. The van der Waals surface area contributed by atoms with E-state index in [1.54, 1.807) is 26.0 Å². The highest BCUT2D eigenvalue weighted by atomic mass is 32.1. The van der Waals surface area contributed by atoms with Crippen molar-refractivity contribution in [2.45, 2.75) is 13.8 Å². The van der Waals surface area contributed by atoms with Gasteiger partial charge in [-0.05, 0) is 36.9 Å². The molecule has 22 heavy (non-hydrogen) atoms. The van der Waals surface area contributed by atoms with Crippen LogP contribution in [0.5, 0.6) is 0 Å². The van der Waals surface area contributed by atoms with Gasteiger partial charge in [0.2, 0.25) is 0 Å². The maximum Gasteiger partial charge on any atom is 0.352 e. The van der Waals surface area contributed by atoms with Gasteiger partial charge < -0.3 is 9.47 Å². The normalized spacial score (nSPS) is 12.4. The molecule has 0 bridgehead atoms. The van der Waals surface area contributed by atoms with E-state index in [4.69, 9.17) is 20.0 Å². The van der Waals surface area contributed by atoms with Gasteiger partial charge in [-0.15, -0.1) is 0 Å². The number of nitrogens with one attached hydrogen (secondary N) is 2. The van der Waals surface area contributed by atoms with Crippen molar-refractivity contribution in [2.75, 3.05) is 13.2 Å². The van der Waals surface area contributed by atoms with Crippen LogP contribution in [0.4, 0.5) is 0 Å². The van der Waals surface area contributed by atoms with Crippen LogP contribution in [0.3, 0.4) is 0 Å². The summed E-state index contributed by atoms with van der Waals surface area (Å²) in [6.07, 6.45) is 0. The number of hydrogen-bond donors (Lipinski definition) is 2. The van der Waals surface area contributed by atoms with Gasteiger partial charge in [0.15, 0.2) is 11.1 Å². The van der Waals surface area contributed by atoms with Gasteiger partial charge >= 0.3 is 11.9 Å². The fourth-order valence-electron chi connectivity index (χ4n) is 1.23. The van der Waals surface area contributed by atoms with Crippen LogP contribution in [0, 0.1) is 22.7 Å². The van der Waals surface area contributed by atoms with E-state index in [1.165, 1.54) is 0 Å². The molecule has 0 unspecified atom stereocenters. The van der Waals surface area contributed by atoms with Crippen LogP contribution in [-0.4, -0.2) is 33.9 Å². The lowest BCUT2D eigenvalue weighted by Gasteiger charge is -2.00. The van der Waals surface area contributed by atoms with E-state index in [0.29, 0.717) is 0 Å². The zero-order valence-corrected chi connectivity index (χ0v) is 13.4. The van der Waals surface area contributed by atoms with Crippen LogP contribution in [0.15, 0.2) is 0 Å². The van der Waals surface area contributed by atoms with Gasteiger partial charge in [0.1, 0.15) is 21.5 Å². The lowest BCUT2D eigenvalue weighted by molar-refractivity contribution is -0.136. The first kappa shape index (κ1) is 17.5. The highest BCUT2D eigenvalue weighted by molar-refractivity contribution is 7.09. The number of nitrogens with zero attached hydrogens (tertiary/aromatic N) is 2. The van der Waals surface area contributed by atoms with Gasteiger partial charge in [0.25, 0.3) is 0 Å². The van der Waals surface area contributed by atoms with Crippen LogP contribution in [0.1, 0.15) is 13.8 Å². The van der Waals surface area contributed by atoms with Crippen LogP contribution < -0.4 is 9.33 Å². The molecule has 8 nitrogen and oxygen atoms in total. The SMILES string of the molecule is CCOC(=O)/C(C#N)=c1/[nH]s/c(=C(/C#N)C(=O)OCC)[nH]s1. The minimum atomic E-state index is -0.749. The Morgan fingerprint density at radius 2 is 1.32 bits per heavy atom. The predicted octanol–water partition coefficient (Wildman–Crippen LogP) is 0.0650. The zero-order valence-electron chi connectivity index (χ0n) is 11.8. The Kier molecular flexibility index (Phi) is 6.89. The fraction of sp³-hybridized carbons (Fsp3) is 0.333. The summed E-state index contributed by atoms with van der Waals surface area (Å²) in [7, 11) is 0. The number of rotatable bonds is 4. The molecule has 0 saturated carbocycles. The third-order valence-corrected chi connectivity index (χ3v) is 4.02. The van der Waals surface area contributed by atoms with Gasteiger partial charge in [-0.2, -0.15) is 10.5 Å². The summed E-state index contributed by atoms with van der Waals surface area (Å²) in [5.41, 5.74) is -0.388. The van der Waals surface area contributed by atoms with E-state index in [1.807, 2.05) is 0 Å². The lowest BCUT2D eigenvalue weighted by Crippen LogP contribution is -2.21. The molecule has 0 aliphatic rings. The van der Waals surface area contributed by atoms with E-state index in [-0.39, 0.29) is 33.7 Å². The molecule has 116 valence electrons. The standard InChI is InChI=1S/C12H12N4O4S2/c1-3-19-11(17)7(5-13)9-15-22-10(16-21-9)8(6-14)12(18)20-4-2/h15-16H,3-4H2,1-2H3/b9-7-,10-8-. The number of aromatic amines is 2. The lowest BCUT2D eigenvalue weighted by atomic mass is 10.3. The molecule has 1 heterocycles. The molecule has 1 rings (SSSR count). The first-order valence-corrected chi connectivity index (χ1v) is 7.70. The Bertz CT molecular complexity index is 704. The van der Waals surface area contributed by atoms with Crippen molar-refractivity contribution in [1.29, 1.82) is 10.5 Å². The monoisotopic (exact) mass is 340 g/mol. The van der Waals surface area contributed by atoms with Gasteiger partial charge in [0.05, 0.1) is 13.2 Å². The maximum atomic E-state index is 11.6. The average molecular weight is 340 g/mol. The third-order valence-electron chi connectivity index (χ3n) is 2.13. The Balaban J connectivity index is 3.41. The minimum absolute atomic E-state index is 0.148. The first-order valence-electron chi connectivity index (χ1n) is 6.07. The number of hydrogen-bond acceptors (Lipinski definition) is 8. The van der Waals surface area contributed by atoms with Gasteiger partial charge in [-0.25, -0.2) is 9.59 Å². The van der Waals surface area contributed by atoms with Crippen molar-refractivity contribution in [2.24, 2.45) is 0 Å². The molecule has 0 fully saturated rings. The van der Waals surface area contributed by atoms with E-state index in [2.05, 4.69) is 8.75 Å². The molecule has 0 saturated heterocycles.